The second-order valence-corrected chi connectivity index (χ2v) is 8.25. The van der Waals surface area contributed by atoms with E-state index in [4.69, 9.17) is 11.6 Å². The lowest BCUT2D eigenvalue weighted by Crippen LogP contribution is -1.97. The number of benzene rings is 1. The lowest BCUT2D eigenvalue weighted by Gasteiger charge is -2.14. The molecule has 0 N–H and O–H groups in total. The molecule has 0 unspecified atom stereocenters. The van der Waals surface area contributed by atoms with Gasteiger partial charge in [0, 0.05) is 14.8 Å². The molecule has 1 nitrogen and oxygen atoms in total. The summed E-state index contributed by atoms with van der Waals surface area (Å²) in [6.07, 6.45) is 9.63. The minimum Gasteiger partial charge on any atom is -0.299 e. The lowest BCUT2D eigenvalue weighted by molar-refractivity contribution is -0.104. The molecule has 1 aliphatic rings. The second kappa shape index (κ2) is 7.67. The molecule has 2 aromatic rings. The highest BCUT2D eigenvalue weighted by Gasteiger charge is 2.27. The fourth-order valence-corrected chi connectivity index (χ4v) is 5.16. The van der Waals surface area contributed by atoms with Crippen molar-refractivity contribution in [2.75, 3.05) is 0 Å². The Bertz CT molecular complexity index is 734. The maximum absolute atomic E-state index is 10.9. The molecule has 1 aromatic carbocycles. The largest absolute Gasteiger partial charge is 0.299 e. The van der Waals surface area contributed by atoms with Gasteiger partial charge in [0.15, 0.2) is 0 Å². The van der Waals surface area contributed by atoms with E-state index >= 15 is 0 Å². The SMILES string of the molecule is CC(C)c1sc(-c2ccc(Cl)cc2)c(C2CCCC2)c1/C=C/C=O. The van der Waals surface area contributed by atoms with Crippen molar-refractivity contribution in [3.05, 3.63) is 51.4 Å². The van der Waals surface area contributed by atoms with Crippen molar-refractivity contribution in [1.82, 2.24) is 0 Å². The molecule has 0 spiro atoms. The molecule has 1 heterocycles. The van der Waals surface area contributed by atoms with Gasteiger partial charge < -0.3 is 0 Å². The molecule has 24 heavy (non-hydrogen) atoms. The number of carbonyl (C=O) groups excluding carboxylic acids is 1. The molecule has 3 heteroatoms. The van der Waals surface area contributed by atoms with Crippen LogP contribution in [0.4, 0.5) is 0 Å². The van der Waals surface area contributed by atoms with Crippen molar-refractivity contribution in [3.63, 3.8) is 0 Å². The minimum atomic E-state index is 0.447. The predicted molar refractivity (Wildman–Crippen MR) is 105 cm³/mol. The monoisotopic (exact) mass is 358 g/mol. The number of allylic oxidation sites excluding steroid dienone is 1. The fourth-order valence-electron chi connectivity index (χ4n) is 3.65. The van der Waals surface area contributed by atoms with Crippen LogP contribution in [-0.2, 0) is 4.79 Å². The van der Waals surface area contributed by atoms with Crippen molar-refractivity contribution < 1.29 is 4.79 Å². The maximum atomic E-state index is 10.9. The predicted octanol–water partition coefficient (Wildman–Crippen LogP) is 7.06. The molecule has 1 aromatic heterocycles. The Morgan fingerprint density at radius 1 is 1.17 bits per heavy atom. The van der Waals surface area contributed by atoms with Gasteiger partial charge in [-0.3, -0.25) is 4.79 Å². The summed E-state index contributed by atoms with van der Waals surface area (Å²) >= 11 is 7.96. The molecule has 0 amide bonds. The Hall–Kier alpha value is -1.38. The zero-order valence-corrected chi connectivity index (χ0v) is 15.8. The van der Waals surface area contributed by atoms with E-state index in [9.17, 15) is 4.79 Å². The third kappa shape index (κ3) is 3.50. The summed E-state index contributed by atoms with van der Waals surface area (Å²) in [5, 5.41) is 0.767. The Kier molecular flexibility index (Phi) is 5.57. The Morgan fingerprint density at radius 3 is 2.42 bits per heavy atom. The van der Waals surface area contributed by atoms with Gasteiger partial charge in [-0.25, -0.2) is 0 Å². The zero-order chi connectivity index (χ0) is 17.1. The first kappa shape index (κ1) is 17.4. The van der Waals surface area contributed by atoms with E-state index in [2.05, 4.69) is 26.0 Å². The fraction of sp³-hybridized carbons (Fsp3) is 0.381. The molecule has 1 fully saturated rings. The first-order valence-corrected chi connectivity index (χ1v) is 9.85. The van der Waals surface area contributed by atoms with Crippen LogP contribution in [0.2, 0.25) is 5.02 Å². The average molecular weight is 359 g/mol. The van der Waals surface area contributed by atoms with Crippen LogP contribution in [0.3, 0.4) is 0 Å². The van der Waals surface area contributed by atoms with Crippen LogP contribution < -0.4 is 0 Å². The molecule has 0 aliphatic heterocycles. The summed E-state index contributed by atoms with van der Waals surface area (Å²) in [7, 11) is 0. The van der Waals surface area contributed by atoms with Crippen molar-refractivity contribution in [2.24, 2.45) is 0 Å². The van der Waals surface area contributed by atoms with E-state index in [0.717, 1.165) is 11.3 Å². The van der Waals surface area contributed by atoms with Crippen molar-refractivity contribution >= 4 is 35.3 Å². The molecule has 1 saturated carbocycles. The number of halogens is 1. The summed E-state index contributed by atoms with van der Waals surface area (Å²) in [4.78, 5) is 13.6. The molecule has 0 saturated heterocycles. The van der Waals surface area contributed by atoms with Gasteiger partial charge in [0.2, 0.25) is 0 Å². The van der Waals surface area contributed by atoms with Gasteiger partial charge in [-0.15, -0.1) is 11.3 Å². The second-order valence-electron chi connectivity index (χ2n) is 6.76. The molecule has 1 aliphatic carbocycles. The maximum Gasteiger partial charge on any atom is 0.142 e. The van der Waals surface area contributed by atoms with E-state index in [0.29, 0.717) is 11.8 Å². The number of hydrogen-bond acceptors (Lipinski definition) is 2. The summed E-state index contributed by atoms with van der Waals surface area (Å²) in [6, 6.07) is 8.16. The van der Waals surface area contributed by atoms with E-state index in [1.807, 2.05) is 29.5 Å². The van der Waals surface area contributed by atoms with Crippen molar-refractivity contribution in [3.8, 4) is 10.4 Å². The van der Waals surface area contributed by atoms with Crippen LogP contribution in [-0.4, -0.2) is 6.29 Å². The highest BCUT2D eigenvalue weighted by atomic mass is 35.5. The molecule has 3 rings (SSSR count). The Balaban J connectivity index is 2.20. The number of aldehydes is 1. The number of carbonyl (C=O) groups is 1. The minimum absolute atomic E-state index is 0.447. The Morgan fingerprint density at radius 2 is 1.83 bits per heavy atom. The summed E-state index contributed by atoms with van der Waals surface area (Å²) < 4.78 is 0. The van der Waals surface area contributed by atoms with Crippen LogP contribution >= 0.6 is 22.9 Å². The number of thiophene rings is 1. The summed E-state index contributed by atoms with van der Waals surface area (Å²) in [5.74, 6) is 1.05. The van der Waals surface area contributed by atoms with Gasteiger partial charge in [0.25, 0.3) is 0 Å². The van der Waals surface area contributed by atoms with Crippen LogP contribution in [0, 0.1) is 0 Å². The van der Waals surface area contributed by atoms with E-state index < -0.39 is 0 Å². The third-order valence-electron chi connectivity index (χ3n) is 4.75. The average Bonchev–Trinajstić information content (AvgIpc) is 3.20. The normalized spacial score (nSPS) is 15.7. The lowest BCUT2D eigenvalue weighted by atomic mass is 9.89. The van der Waals surface area contributed by atoms with E-state index in [1.165, 1.54) is 52.1 Å². The van der Waals surface area contributed by atoms with Gasteiger partial charge in [-0.05, 0) is 59.6 Å². The molecule has 0 radical (unpaired) electrons. The highest BCUT2D eigenvalue weighted by Crippen LogP contribution is 2.48. The van der Waals surface area contributed by atoms with Crippen LogP contribution in [0.1, 0.15) is 67.4 Å². The Labute approximate surface area is 153 Å². The van der Waals surface area contributed by atoms with Crippen LogP contribution in [0.15, 0.2) is 30.3 Å². The molecule has 0 atom stereocenters. The number of rotatable bonds is 5. The van der Waals surface area contributed by atoms with E-state index in [1.54, 1.807) is 6.08 Å². The summed E-state index contributed by atoms with van der Waals surface area (Å²) in [5.41, 5.74) is 3.96. The van der Waals surface area contributed by atoms with Gasteiger partial charge in [-0.2, -0.15) is 0 Å². The smallest absolute Gasteiger partial charge is 0.142 e. The van der Waals surface area contributed by atoms with Crippen LogP contribution in [0.25, 0.3) is 16.5 Å². The molecule has 126 valence electrons. The van der Waals surface area contributed by atoms with Crippen molar-refractivity contribution in [2.45, 2.75) is 51.4 Å². The highest BCUT2D eigenvalue weighted by molar-refractivity contribution is 7.16. The van der Waals surface area contributed by atoms with Crippen molar-refractivity contribution in [1.29, 1.82) is 0 Å². The molecule has 0 bridgehead atoms. The molecular formula is C21H23ClOS. The van der Waals surface area contributed by atoms with Crippen LogP contribution in [0.5, 0.6) is 0 Å². The topological polar surface area (TPSA) is 17.1 Å². The zero-order valence-electron chi connectivity index (χ0n) is 14.2. The third-order valence-corrected chi connectivity index (χ3v) is 6.57. The first-order chi connectivity index (χ1) is 11.6. The number of hydrogen-bond donors (Lipinski definition) is 0. The van der Waals surface area contributed by atoms with E-state index in [-0.39, 0.29) is 0 Å². The summed E-state index contributed by atoms with van der Waals surface area (Å²) in [6.45, 7) is 4.46. The van der Waals surface area contributed by atoms with Gasteiger partial charge in [-0.1, -0.05) is 56.5 Å². The van der Waals surface area contributed by atoms with Gasteiger partial charge in [0.05, 0.1) is 0 Å². The standard InChI is InChI=1S/C21H23ClOS/c1-14(2)20-18(8-5-13-23)19(15-6-3-4-7-15)21(24-20)16-9-11-17(22)12-10-16/h5,8-15H,3-4,6-7H2,1-2H3/b8-5+. The van der Waals surface area contributed by atoms with Gasteiger partial charge in [0.1, 0.15) is 6.29 Å². The van der Waals surface area contributed by atoms with Gasteiger partial charge >= 0.3 is 0 Å². The molecular weight excluding hydrogens is 336 g/mol. The first-order valence-electron chi connectivity index (χ1n) is 8.66. The quantitative estimate of drug-likeness (QED) is 0.413.